The van der Waals surface area contributed by atoms with Gasteiger partial charge in [-0.05, 0) is 24.6 Å². The fraction of sp³-hybridized carbons (Fsp3) is 0.222. The van der Waals surface area contributed by atoms with Crippen LogP contribution in [0.5, 0.6) is 0 Å². The van der Waals surface area contributed by atoms with Gasteiger partial charge in [0.15, 0.2) is 11.5 Å². The summed E-state index contributed by atoms with van der Waals surface area (Å²) < 4.78 is 18.2. The number of amides is 3. The summed E-state index contributed by atoms with van der Waals surface area (Å²) in [7, 11) is 1.63. The van der Waals surface area contributed by atoms with Crippen LogP contribution in [0.25, 0.3) is 0 Å². The third-order valence-electron chi connectivity index (χ3n) is 3.80. The van der Waals surface area contributed by atoms with Crippen LogP contribution in [0, 0.1) is 12.7 Å². The van der Waals surface area contributed by atoms with Gasteiger partial charge in [-0.1, -0.05) is 12.1 Å². The van der Waals surface area contributed by atoms with Crippen molar-refractivity contribution in [3.8, 4) is 0 Å². The lowest BCUT2D eigenvalue weighted by atomic mass is 10.2. The van der Waals surface area contributed by atoms with Crippen LogP contribution >= 0.6 is 11.3 Å². The van der Waals surface area contributed by atoms with Crippen LogP contribution in [0.3, 0.4) is 0 Å². The van der Waals surface area contributed by atoms with E-state index >= 15 is 0 Å². The summed E-state index contributed by atoms with van der Waals surface area (Å²) in [6, 6.07) is 5.53. The van der Waals surface area contributed by atoms with Gasteiger partial charge in [0.1, 0.15) is 5.82 Å². The van der Waals surface area contributed by atoms with Crippen molar-refractivity contribution in [3.05, 3.63) is 64.6 Å². The zero-order chi connectivity index (χ0) is 20.1. The van der Waals surface area contributed by atoms with E-state index in [9.17, 15) is 14.0 Å². The molecule has 0 saturated heterocycles. The molecule has 8 nitrogen and oxygen atoms in total. The molecule has 28 heavy (non-hydrogen) atoms. The Balaban J connectivity index is 1.51. The van der Waals surface area contributed by atoms with Crippen LogP contribution in [-0.2, 0) is 13.1 Å². The third kappa shape index (κ3) is 4.92. The van der Waals surface area contributed by atoms with Gasteiger partial charge >= 0.3 is 6.03 Å². The summed E-state index contributed by atoms with van der Waals surface area (Å²) in [6.07, 6.45) is 1.23. The van der Waals surface area contributed by atoms with Gasteiger partial charge in [-0.15, -0.1) is 11.3 Å². The number of nitrogens with zero attached hydrogens (tertiary/aromatic N) is 3. The Morgan fingerprint density at radius 1 is 1.36 bits per heavy atom. The third-order valence-corrected chi connectivity index (χ3v) is 4.61. The lowest BCUT2D eigenvalue weighted by Gasteiger charge is -2.14. The number of nitrogens with one attached hydrogen (secondary N) is 2. The highest BCUT2D eigenvalue weighted by atomic mass is 32.1. The number of hydrogen-bond donors (Lipinski definition) is 2. The maximum absolute atomic E-state index is 13.1. The molecule has 0 saturated carbocycles. The van der Waals surface area contributed by atoms with Crippen molar-refractivity contribution in [1.82, 2.24) is 20.2 Å². The Morgan fingerprint density at radius 2 is 2.18 bits per heavy atom. The summed E-state index contributed by atoms with van der Waals surface area (Å²) in [6.45, 7) is 2.13. The first kappa shape index (κ1) is 19.5. The van der Waals surface area contributed by atoms with Gasteiger partial charge in [-0.25, -0.2) is 19.2 Å². The Hall–Kier alpha value is -3.27. The minimum Gasteiger partial charge on any atom is -0.438 e. The molecule has 2 aromatic heterocycles. The Labute approximate surface area is 164 Å². The molecule has 0 atom stereocenters. The summed E-state index contributed by atoms with van der Waals surface area (Å²) >= 11 is 1.24. The number of urea groups is 1. The molecule has 146 valence electrons. The van der Waals surface area contributed by atoms with E-state index in [-0.39, 0.29) is 30.6 Å². The van der Waals surface area contributed by atoms with Gasteiger partial charge in [-0.3, -0.25) is 10.1 Å². The lowest BCUT2D eigenvalue weighted by Crippen LogP contribution is -2.28. The van der Waals surface area contributed by atoms with E-state index in [1.54, 1.807) is 31.5 Å². The topological polar surface area (TPSA) is 100 Å². The molecular formula is C18H18FN5O3S. The predicted molar refractivity (Wildman–Crippen MR) is 101 cm³/mol. The van der Waals surface area contributed by atoms with Crippen molar-refractivity contribution in [2.45, 2.75) is 20.0 Å². The van der Waals surface area contributed by atoms with E-state index in [2.05, 4.69) is 20.6 Å². The van der Waals surface area contributed by atoms with Gasteiger partial charge in [0.05, 0.1) is 17.9 Å². The summed E-state index contributed by atoms with van der Waals surface area (Å²) in [5.41, 5.74) is 1.80. The number of anilines is 1. The number of hydrogen-bond acceptors (Lipinski definition) is 6. The molecule has 0 aliphatic heterocycles. The lowest BCUT2D eigenvalue weighted by molar-refractivity contribution is 0.0751. The molecule has 0 aliphatic rings. The number of thiazole rings is 1. The maximum atomic E-state index is 13.1. The SMILES string of the molecule is Cc1ncoc1C(=O)N(C)Cc1csc(NC(=O)NCc2cccc(F)c2)n1. The molecule has 2 N–H and O–H groups in total. The fourth-order valence-electron chi connectivity index (χ4n) is 2.40. The molecular weight excluding hydrogens is 385 g/mol. The molecule has 0 aliphatic carbocycles. The molecule has 1 aromatic carbocycles. The van der Waals surface area contributed by atoms with Gasteiger partial charge < -0.3 is 14.6 Å². The number of aromatic nitrogens is 2. The molecule has 0 unspecified atom stereocenters. The second kappa shape index (κ2) is 8.61. The average molecular weight is 403 g/mol. The number of oxazole rings is 1. The van der Waals surface area contributed by atoms with Crippen molar-refractivity contribution in [2.24, 2.45) is 0 Å². The Kier molecular flexibility index (Phi) is 5.99. The number of aryl methyl sites for hydroxylation is 1. The van der Waals surface area contributed by atoms with Crippen LogP contribution in [-0.4, -0.2) is 33.9 Å². The summed E-state index contributed by atoms with van der Waals surface area (Å²) in [5, 5.41) is 7.39. The highest BCUT2D eigenvalue weighted by Gasteiger charge is 2.19. The van der Waals surface area contributed by atoms with Gasteiger partial charge in [0.2, 0.25) is 5.76 Å². The number of halogens is 1. The maximum Gasteiger partial charge on any atom is 0.321 e. The van der Waals surface area contributed by atoms with Crippen molar-refractivity contribution >= 4 is 28.4 Å². The van der Waals surface area contributed by atoms with E-state index in [1.165, 1.54) is 34.8 Å². The number of carbonyl (C=O) groups excluding carboxylic acids is 2. The van der Waals surface area contributed by atoms with Crippen molar-refractivity contribution in [1.29, 1.82) is 0 Å². The predicted octanol–water partition coefficient (Wildman–Crippen LogP) is 3.17. The average Bonchev–Trinajstić information content (AvgIpc) is 3.28. The molecule has 0 fully saturated rings. The van der Waals surface area contributed by atoms with Crippen molar-refractivity contribution in [3.63, 3.8) is 0 Å². The smallest absolute Gasteiger partial charge is 0.321 e. The molecule has 10 heteroatoms. The molecule has 0 bridgehead atoms. The van der Waals surface area contributed by atoms with Gasteiger partial charge in [0, 0.05) is 19.0 Å². The van der Waals surface area contributed by atoms with Crippen molar-refractivity contribution in [2.75, 3.05) is 12.4 Å². The first-order chi connectivity index (χ1) is 13.4. The van der Waals surface area contributed by atoms with Crippen LogP contribution in [0.15, 0.2) is 40.5 Å². The second-order valence-corrected chi connectivity index (χ2v) is 6.87. The summed E-state index contributed by atoms with van der Waals surface area (Å²) in [4.78, 5) is 33.9. The normalized spacial score (nSPS) is 10.5. The Bertz CT molecular complexity index is 987. The fourth-order valence-corrected chi connectivity index (χ4v) is 3.10. The van der Waals surface area contributed by atoms with Gasteiger partial charge in [0.25, 0.3) is 5.91 Å². The van der Waals surface area contributed by atoms with Crippen molar-refractivity contribution < 1.29 is 18.4 Å². The Morgan fingerprint density at radius 3 is 2.89 bits per heavy atom. The van der Waals surface area contributed by atoms with E-state index in [4.69, 9.17) is 4.42 Å². The summed E-state index contributed by atoms with van der Waals surface area (Å²) in [5.74, 6) is -0.471. The zero-order valence-electron chi connectivity index (χ0n) is 15.2. The van der Waals surface area contributed by atoms with E-state index < -0.39 is 6.03 Å². The first-order valence-corrected chi connectivity index (χ1v) is 9.19. The highest BCUT2D eigenvalue weighted by Crippen LogP contribution is 2.18. The molecule has 3 amide bonds. The number of benzene rings is 1. The quantitative estimate of drug-likeness (QED) is 0.658. The molecule has 2 heterocycles. The minimum atomic E-state index is -0.452. The first-order valence-electron chi connectivity index (χ1n) is 8.31. The van der Waals surface area contributed by atoms with Crippen LogP contribution in [0.2, 0.25) is 0 Å². The molecule has 0 spiro atoms. The molecule has 3 rings (SSSR count). The largest absolute Gasteiger partial charge is 0.438 e. The highest BCUT2D eigenvalue weighted by molar-refractivity contribution is 7.13. The minimum absolute atomic E-state index is 0.188. The van der Waals surface area contributed by atoms with Crippen LogP contribution in [0.4, 0.5) is 14.3 Å². The molecule has 0 radical (unpaired) electrons. The molecule has 3 aromatic rings. The van der Waals surface area contributed by atoms with Gasteiger partial charge in [-0.2, -0.15) is 0 Å². The van der Waals surface area contributed by atoms with Crippen LogP contribution < -0.4 is 10.6 Å². The zero-order valence-corrected chi connectivity index (χ0v) is 16.0. The standard InChI is InChI=1S/C18H18FN5O3S/c1-11-15(27-10-21-11)16(25)24(2)8-14-9-28-18(22-14)23-17(26)20-7-12-4-3-5-13(19)6-12/h3-6,9-10H,7-8H2,1-2H3,(H2,20,22,23,26). The number of rotatable bonds is 6. The number of carbonyl (C=O) groups is 2. The monoisotopic (exact) mass is 403 g/mol. The second-order valence-electron chi connectivity index (χ2n) is 6.01. The van der Waals surface area contributed by atoms with Crippen LogP contribution in [0.1, 0.15) is 27.5 Å². The van der Waals surface area contributed by atoms with E-state index in [0.717, 1.165) is 0 Å². The van der Waals surface area contributed by atoms with E-state index in [1.807, 2.05) is 0 Å². The van der Waals surface area contributed by atoms with E-state index in [0.29, 0.717) is 22.1 Å².